The van der Waals surface area contributed by atoms with Gasteiger partial charge >= 0.3 is 0 Å². The van der Waals surface area contributed by atoms with Crippen LogP contribution in [-0.4, -0.2) is 34.8 Å². The van der Waals surface area contributed by atoms with Crippen molar-refractivity contribution in [2.45, 2.75) is 26.2 Å². The van der Waals surface area contributed by atoms with Crippen molar-refractivity contribution in [2.75, 3.05) is 18.4 Å². The van der Waals surface area contributed by atoms with Crippen LogP contribution in [0.4, 0.5) is 5.82 Å². The number of carbonyl (C=O) groups is 2. The number of nitrogens with one attached hydrogen (secondary N) is 1. The van der Waals surface area contributed by atoms with Crippen LogP contribution in [0.25, 0.3) is 11.1 Å². The standard InChI is InChI=1S/C20H23N3O2/c1-15(24)23-11-8-16(9-12-23)13-20(25)22-19-14-18(7-10-21-19)17-5-3-2-4-6-17/h2-7,10,14,16H,8-9,11-13H2,1H3,(H,21,22,25). The van der Waals surface area contributed by atoms with Gasteiger partial charge in [-0.25, -0.2) is 4.98 Å². The second-order valence-electron chi connectivity index (χ2n) is 6.50. The fourth-order valence-electron chi connectivity index (χ4n) is 3.22. The Bertz CT molecular complexity index is 738. The summed E-state index contributed by atoms with van der Waals surface area (Å²) < 4.78 is 0. The zero-order valence-electron chi connectivity index (χ0n) is 14.4. The fraction of sp³-hybridized carbons (Fsp3) is 0.350. The summed E-state index contributed by atoms with van der Waals surface area (Å²) in [7, 11) is 0. The van der Waals surface area contributed by atoms with Crippen molar-refractivity contribution in [3.05, 3.63) is 48.7 Å². The highest BCUT2D eigenvalue weighted by Gasteiger charge is 2.22. The van der Waals surface area contributed by atoms with Gasteiger partial charge in [-0.1, -0.05) is 30.3 Å². The van der Waals surface area contributed by atoms with Crippen LogP contribution in [0, 0.1) is 5.92 Å². The van der Waals surface area contributed by atoms with Gasteiger partial charge in [0.15, 0.2) is 0 Å². The number of rotatable bonds is 4. The number of piperidine rings is 1. The van der Waals surface area contributed by atoms with Crippen LogP contribution in [-0.2, 0) is 9.59 Å². The van der Waals surface area contributed by atoms with E-state index in [1.807, 2.05) is 47.4 Å². The summed E-state index contributed by atoms with van der Waals surface area (Å²) in [5, 5.41) is 2.90. The summed E-state index contributed by atoms with van der Waals surface area (Å²) in [6, 6.07) is 13.8. The molecule has 0 aliphatic carbocycles. The van der Waals surface area contributed by atoms with Gasteiger partial charge in [0, 0.05) is 32.6 Å². The highest BCUT2D eigenvalue weighted by molar-refractivity contribution is 5.90. The quantitative estimate of drug-likeness (QED) is 0.931. The molecule has 25 heavy (non-hydrogen) atoms. The number of hydrogen-bond acceptors (Lipinski definition) is 3. The molecular formula is C20H23N3O2. The third-order valence-corrected chi connectivity index (χ3v) is 4.67. The highest BCUT2D eigenvalue weighted by Crippen LogP contribution is 2.23. The van der Waals surface area contributed by atoms with Crippen molar-refractivity contribution in [3.63, 3.8) is 0 Å². The lowest BCUT2D eigenvalue weighted by Gasteiger charge is -2.30. The number of likely N-dealkylation sites (tertiary alicyclic amines) is 1. The van der Waals surface area contributed by atoms with Crippen LogP contribution in [0.5, 0.6) is 0 Å². The smallest absolute Gasteiger partial charge is 0.225 e. The Balaban J connectivity index is 1.56. The number of carbonyl (C=O) groups excluding carboxylic acids is 2. The molecule has 1 fully saturated rings. The number of aromatic nitrogens is 1. The topological polar surface area (TPSA) is 62.3 Å². The lowest BCUT2D eigenvalue weighted by molar-refractivity contribution is -0.130. The molecule has 0 radical (unpaired) electrons. The summed E-state index contributed by atoms with van der Waals surface area (Å²) in [4.78, 5) is 29.8. The normalized spacial score (nSPS) is 15.0. The van der Waals surface area contributed by atoms with Crippen molar-refractivity contribution in [3.8, 4) is 11.1 Å². The molecule has 130 valence electrons. The van der Waals surface area contributed by atoms with E-state index in [9.17, 15) is 9.59 Å². The minimum absolute atomic E-state index is 0.0148. The van der Waals surface area contributed by atoms with Gasteiger partial charge in [0.2, 0.25) is 11.8 Å². The SMILES string of the molecule is CC(=O)N1CCC(CC(=O)Nc2cc(-c3ccccc3)ccn2)CC1. The Labute approximate surface area is 148 Å². The molecule has 1 N–H and O–H groups in total. The zero-order valence-corrected chi connectivity index (χ0v) is 14.4. The van der Waals surface area contributed by atoms with E-state index in [-0.39, 0.29) is 11.8 Å². The Morgan fingerprint density at radius 2 is 1.84 bits per heavy atom. The van der Waals surface area contributed by atoms with E-state index in [1.165, 1.54) is 0 Å². The van der Waals surface area contributed by atoms with Gasteiger partial charge in [-0.15, -0.1) is 0 Å². The van der Waals surface area contributed by atoms with Crippen molar-refractivity contribution >= 4 is 17.6 Å². The van der Waals surface area contributed by atoms with Gasteiger partial charge in [0.25, 0.3) is 0 Å². The van der Waals surface area contributed by atoms with Crippen molar-refractivity contribution in [1.29, 1.82) is 0 Å². The molecule has 5 nitrogen and oxygen atoms in total. The molecule has 0 bridgehead atoms. The molecule has 2 heterocycles. The first-order valence-corrected chi connectivity index (χ1v) is 8.68. The first-order valence-electron chi connectivity index (χ1n) is 8.68. The average Bonchev–Trinajstić information content (AvgIpc) is 2.63. The lowest BCUT2D eigenvalue weighted by atomic mass is 9.93. The minimum atomic E-state index is -0.0148. The lowest BCUT2D eigenvalue weighted by Crippen LogP contribution is -2.37. The van der Waals surface area contributed by atoms with Crippen molar-refractivity contribution < 1.29 is 9.59 Å². The maximum atomic E-state index is 12.3. The third-order valence-electron chi connectivity index (χ3n) is 4.67. The van der Waals surface area contributed by atoms with Crippen LogP contribution in [0.2, 0.25) is 0 Å². The molecule has 2 amide bonds. The highest BCUT2D eigenvalue weighted by atomic mass is 16.2. The summed E-state index contributed by atoms with van der Waals surface area (Å²) in [5.74, 6) is 1.00. The number of nitrogens with zero attached hydrogens (tertiary/aromatic N) is 2. The Morgan fingerprint density at radius 3 is 2.52 bits per heavy atom. The predicted molar refractivity (Wildman–Crippen MR) is 97.9 cm³/mol. The molecule has 2 aromatic rings. The van der Waals surface area contributed by atoms with Gasteiger partial charge in [-0.05, 0) is 42.0 Å². The average molecular weight is 337 g/mol. The van der Waals surface area contributed by atoms with Crippen LogP contribution in [0.1, 0.15) is 26.2 Å². The van der Waals surface area contributed by atoms with Gasteiger partial charge in [-0.2, -0.15) is 0 Å². The van der Waals surface area contributed by atoms with Crippen LogP contribution >= 0.6 is 0 Å². The number of anilines is 1. The largest absolute Gasteiger partial charge is 0.343 e. The molecule has 0 unspecified atom stereocenters. The Kier molecular flexibility index (Phi) is 5.43. The monoisotopic (exact) mass is 337 g/mol. The van der Waals surface area contributed by atoms with Crippen LogP contribution in [0.3, 0.4) is 0 Å². The van der Waals surface area contributed by atoms with E-state index in [1.54, 1.807) is 13.1 Å². The summed E-state index contributed by atoms with van der Waals surface area (Å²) in [6.07, 6.45) is 3.95. The van der Waals surface area contributed by atoms with Crippen LogP contribution < -0.4 is 5.32 Å². The van der Waals surface area contributed by atoms with E-state index in [0.29, 0.717) is 18.2 Å². The van der Waals surface area contributed by atoms with E-state index >= 15 is 0 Å². The predicted octanol–water partition coefficient (Wildman–Crippen LogP) is 3.34. The van der Waals surface area contributed by atoms with E-state index in [4.69, 9.17) is 0 Å². The molecule has 1 aliphatic heterocycles. The summed E-state index contributed by atoms with van der Waals surface area (Å²) >= 11 is 0. The first kappa shape index (κ1) is 17.1. The molecule has 1 aromatic carbocycles. The second kappa shape index (κ2) is 7.92. The van der Waals surface area contributed by atoms with E-state index in [0.717, 1.165) is 37.1 Å². The van der Waals surface area contributed by atoms with Crippen LogP contribution in [0.15, 0.2) is 48.7 Å². The second-order valence-corrected chi connectivity index (χ2v) is 6.50. The number of pyridine rings is 1. The molecule has 0 saturated carbocycles. The van der Waals surface area contributed by atoms with E-state index in [2.05, 4.69) is 10.3 Å². The van der Waals surface area contributed by atoms with Gasteiger partial charge in [0.05, 0.1) is 0 Å². The fourth-order valence-corrected chi connectivity index (χ4v) is 3.22. The number of amides is 2. The molecule has 3 rings (SSSR count). The number of hydrogen-bond donors (Lipinski definition) is 1. The number of benzene rings is 1. The Morgan fingerprint density at radius 1 is 1.12 bits per heavy atom. The molecule has 1 saturated heterocycles. The zero-order chi connectivity index (χ0) is 17.6. The molecule has 1 aliphatic rings. The maximum absolute atomic E-state index is 12.3. The van der Waals surface area contributed by atoms with Gasteiger partial charge in [0.1, 0.15) is 5.82 Å². The Hall–Kier alpha value is -2.69. The van der Waals surface area contributed by atoms with Gasteiger partial charge in [-0.3, -0.25) is 9.59 Å². The van der Waals surface area contributed by atoms with E-state index < -0.39 is 0 Å². The molecule has 5 heteroatoms. The summed E-state index contributed by atoms with van der Waals surface area (Å²) in [5.41, 5.74) is 2.12. The third kappa shape index (κ3) is 4.66. The minimum Gasteiger partial charge on any atom is -0.343 e. The molecule has 0 spiro atoms. The van der Waals surface area contributed by atoms with Gasteiger partial charge < -0.3 is 10.2 Å². The first-order chi connectivity index (χ1) is 12.1. The molecule has 0 atom stereocenters. The molecule has 1 aromatic heterocycles. The maximum Gasteiger partial charge on any atom is 0.225 e. The van der Waals surface area contributed by atoms with Crippen molar-refractivity contribution in [1.82, 2.24) is 9.88 Å². The van der Waals surface area contributed by atoms with Crippen molar-refractivity contribution in [2.24, 2.45) is 5.92 Å². The summed E-state index contributed by atoms with van der Waals surface area (Å²) in [6.45, 7) is 3.09. The molecular weight excluding hydrogens is 314 g/mol.